The van der Waals surface area contributed by atoms with E-state index in [4.69, 9.17) is 0 Å². The number of nitrogens with one attached hydrogen (secondary N) is 1. The van der Waals surface area contributed by atoms with E-state index in [1.165, 1.54) is 25.0 Å². The first-order valence-corrected chi connectivity index (χ1v) is 5.35. The normalized spacial score (nSPS) is 17.8. The maximum atomic E-state index is 13.3. The molecule has 0 aromatic heterocycles. The van der Waals surface area contributed by atoms with Crippen LogP contribution in [0.5, 0.6) is 0 Å². The number of hydrogen-bond acceptors (Lipinski definition) is 1. The standard InChI is InChI=1S/C12H15F2N/c1-8(15-11-4-5-11)6-9-2-3-10(13)7-12(9)14/h2-3,7-8,11,15H,4-6H2,1H3. The highest BCUT2D eigenvalue weighted by Crippen LogP contribution is 2.20. The van der Waals surface area contributed by atoms with Crippen molar-refractivity contribution in [2.75, 3.05) is 0 Å². The minimum absolute atomic E-state index is 0.248. The van der Waals surface area contributed by atoms with Gasteiger partial charge in [0.05, 0.1) is 0 Å². The molecule has 1 fully saturated rings. The molecule has 1 aromatic rings. The minimum atomic E-state index is -0.515. The van der Waals surface area contributed by atoms with Crippen molar-refractivity contribution in [3.63, 3.8) is 0 Å². The predicted molar refractivity (Wildman–Crippen MR) is 55.7 cm³/mol. The maximum Gasteiger partial charge on any atom is 0.129 e. The monoisotopic (exact) mass is 211 g/mol. The highest BCUT2D eigenvalue weighted by molar-refractivity contribution is 5.19. The Kier molecular flexibility index (Phi) is 3.00. The van der Waals surface area contributed by atoms with Crippen LogP contribution in [0.1, 0.15) is 25.3 Å². The molecule has 1 aliphatic carbocycles. The van der Waals surface area contributed by atoms with Crippen molar-refractivity contribution < 1.29 is 8.78 Å². The van der Waals surface area contributed by atoms with Crippen LogP contribution in [0.2, 0.25) is 0 Å². The van der Waals surface area contributed by atoms with Crippen LogP contribution in [-0.2, 0) is 6.42 Å². The van der Waals surface area contributed by atoms with Crippen LogP contribution < -0.4 is 5.32 Å². The van der Waals surface area contributed by atoms with Gasteiger partial charge in [0.2, 0.25) is 0 Å². The van der Waals surface area contributed by atoms with Gasteiger partial charge in [-0.1, -0.05) is 6.07 Å². The Labute approximate surface area is 88.5 Å². The summed E-state index contributed by atoms with van der Waals surface area (Å²) in [5.74, 6) is -0.960. The van der Waals surface area contributed by atoms with Crippen LogP contribution in [0, 0.1) is 11.6 Å². The molecule has 1 aliphatic rings. The highest BCUT2D eigenvalue weighted by Gasteiger charge is 2.23. The number of hydrogen-bond donors (Lipinski definition) is 1. The van der Waals surface area contributed by atoms with Gasteiger partial charge >= 0.3 is 0 Å². The lowest BCUT2D eigenvalue weighted by Gasteiger charge is -2.13. The van der Waals surface area contributed by atoms with E-state index in [0.29, 0.717) is 18.0 Å². The van der Waals surface area contributed by atoms with Crippen molar-refractivity contribution in [2.45, 2.75) is 38.3 Å². The fourth-order valence-electron chi connectivity index (χ4n) is 1.73. The molecule has 0 aliphatic heterocycles. The zero-order valence-corrected chi connectivity index (χ0v) is 8.76. The van der Waals surface area contributed by atoms with Crippen LogP contribution in [0.15, 0.2) is 18.2 Å². The smallest absolute Gasteiger partial charge is 0.129 e. The molecule has 1 nitrogen and oxygen atoms in total. The topological polar surface area (TPSA) is 12.0 Å². The highest BCUT2D eigenvalue weighted by atomic mass is 19.1. The molecule has 1 unspecified atom stereocenters. The summed E-state index contributed by atoms with van der Waals surface area (Å²) >= 11 is 0. The molecule has 1 atom stereocenters. The van der Waals surface area contributed by atoms with E-state index in [9.17, 15) is 8.78 Å². The van der Waals surface area contributed by atoms with E-state index < -0.39 is 11.6 Å². The molecular weight excluding hydrogens is 196 g/mol. The summed E-state index contributed by atoms with van der Waals surface area (Å²) in [6.07, 6.45) is 3.05. The van der Waals surface area contributed by atoms with E-state index in [2.05, 4.69) is 5.32 Å². The summed E-state index contributed by atoms with van der Waals surface area (Å²) in [5, 5.41) is 3.38. The molecule has 1 N–H and O–H groups in total. The van der Waals surface area contributed by atoms with Crippen molar-refractivity contribution in [1.29, 1.82) is 0 Å². The van der Waals surface area contributed by atoms with Crippen LogP contribution in [0.4, 0.5) is 8.78 Å². The molecule has 82 valence electrons. The summed E-state index contributed by atoms with van der Waals surface area (Å²) < 4.78 is 25.9. The van der Waals surface area contributed by atoms with Crippen LogP contribution in [-0.4, -0.2) is 12.1 Å². The zero-order valence-electron chi connectivity index (χ0n) is 8.76. The first kappa shape index (κ1) is 10.6. The minimum Gasteiger partial charge on any atom is -0.311 e. The molecule has 0 bridgehead atoms. The largest absolute Gasteiger partial charge is 0.311 e. The zero-order chi connectivity index (χ0) is 10.8. The third-order valence-corrected chi connectivity index (χ3v) is 2.64. The van der Waals surface area contributed by atoms with E-state index >= 15 is 0 Å². The molecule has 3 heteroatoms. The molecule has 2 rings (SSSR count). The molecule has 0 amide bonds. The van der Waals surface area contributed by atoms with Crippen molar-refractivity contribution in [1.82, 2.24) is 5.32 Å². The third kappa shape index (κ3) is 2.99. The molecule has 1 saturated carbocycles. The SMILES string of the molecule is CC(Cc1ccc(F)cc1F)NC1CC1. The van der Waals surface area contributed by atoms with Gasteiger partial charge in [-0.25, -0.2) is 8.78 Å². The first-order chi connectivity index (χ1) is 7.15. The second-order valence-electron chi connectivity index (χ2n) is 4.28. The van der Waals surface area contributed by atoms with Crippen molar-refractivity contribution in [3.8, 4) is 0 Å². The second-order valence-corrected chi connectivity index (χ2v) is 4.28. The van der Waals surface area contributed by atoms with Crippen LogP contribution in [0.3, 0.4) is 0 Å². The molecule has 15 heavy (non-hydrogen) atoms. The lowest BCUT2D eigenvalue weighted by molar-refractivity contribution is 0.518. The number of benzene rings is 1. The summed E-state index contributed by atoms with van der Waals surface area (Å²) in [4.78, 5) is 0. The Morgan fingerprint density at radius 3 is 2.73 bits per heavy atom. The number of rotatable bonds is 4. The van der Waals surface area contributed by atoms with E-state index in [1.54, 1.807) is 0 Å². The van der Waals surface area contributed by atoms with Gasteiger partial charge in [-0.15, -0.1) is 0 Å². The average Bonchev–Trinajstić information content (AvgIpc) is 2.94. The van der Waals surface area contributed by atoms with Crippen LogP contribution >= 0.6 is 0 Å². The van der Waals surface area contributed by atoms with Crippen molar-refractivity contribution in [2.24, 2.45) is 0 Å². The summed E-state index contributed by atoms with van der Waals surface area (Å²) in [7, 11) is 0. The fraction of sp³-hybridized carbons (Fsp3) is 0.500. The Balaban J connectivity index is 1.96. The van der Waals surface area contributed by atoms with Gasteiger partial charge in [0.1, 0.15) is 11.6 Å². The van der Waals surface area contributed by atoms with E-state index in [0.717, 1.165) is 6.07 Å². The van der Waals surface area contributed by atoms with E-state index in [1.807, 2.05) is 6.92 Å². The van der Waals surface area contributed by atoms with Gasteiger partial charge in [-0.3, -0.25) is 0 Å². The Morgan fingerprint density at radius 1 is 1.40 bits per heavy atom. The average molecular weight is 211 g/mol. The Hall–Kier alpha value is -0.960. The summed E-state index contributed by atoms with van der Waals surface area (Å²) in [6.45, 7) is 2.03. The lowest BCUT2D eigenvalue weighted by atomic mass is 10.1. The lowest BCUT2D eigenvalue weighted by Crippen LogP contribution is -2.30. The van der Waals surface area contributed by atoms with Gasteiger partial charge < -0.3 is 5.32 Å². The quantitative estimate of drug-likeness (QED) is 0.807. The first-order valence-electron chi connectivity index (χ1n) is 5.35. The number of halogens is 2. The predicted octanol–water partition coefficient (Wildman–Crippen LogP) is 2.65. The van der Waals surface area contributed by atoms with Gasteiger partial charge in [-0.2, -0.15) is 0 Å². The molecule has 0 saturated heterocycles. The third-order valence-electron chi connectivity index (χ3n) is 2.64. The van der Waals surface area contributed by atoms with Crippen molar-refractivity contribution in [3.05, 3.63) is 35.4 Å². The molecular formula is C12H15F2N. The van der Waals surface area contributed by atoms with Gasteiger partial charge in [0, 0.05) is 18.2 Å². The Morgan fingerprint density at radius 2 is 2.13 bits per heavy atom. The second kappa shape index (κ2) is 4.27. The Bertz CT molecular complexity index is 347. The van der Waals surface area contributed by atoms with Gasteiger partial charge in [-0.05, 0) is 37.8 Å². The van der Waals surface area contributed by atoms with Crippen LogP contribution in [0.25, 0.3) is 0 Å². The molecule has 0 radical (unpaired) electrons. The molecule has 1 aromatic carbocycles. The molecule has 0 heterocycles. The summed E-state index contributed by atoms with van der Waals surface area (Å²) in [5.41, 5.74) is 0.581. The fourth-order valence-corrected chi connectivity index (χ4v) is 1.73. The van der Waals surface area contributed by atoms with Gasteiger partial charge in [0.15, 0.2) is 0 Å². The molecule has 0 spiro atoms. The summed E-state index contributed by atoms with van der Waals surface area (Å²) in [6, 6.07) is 4.64. The van der Waals surface area contributed by atoms with Gasteiger partial charge in [0.25, 0.3) is 0 Å². The maximum absolute atomic E-state index is 13.3. The van der Waals surface area contributed by atoms with Crippen molar-refractivity contribution >= 4 is 0 Å². The van der Waals surface area contributed by atoms with E-state index in [-0.39, 0.29) is 6.04 Å².